The van der Waals surface area contributed by atoms with E-state index in [2.05, 4.69) is 33.3 Å². The summed E-state index contributed by atoms with van der Waals surface area (Å²) in [5.74, 6) is -0.0955. The predicted molar refractivity (Wildman–Crippen MR) is 116 cm³/mol. The molecule has 0 radical (unpaired) electrons. The van der Waals surface area contributed by atoms with Crippen LogP contribution in [0.25, 0.3) is 0 Å². The molecule has 2 aliphatic rings. The van der Waals surface area contributed by atoms with E-state index in [0.717, 1.165) is 25.9 Å². The van der Waals surface area contributed by atoms with Crippen LogP contribution in [0.15, 0.2) is 72.5 Å². The predicted octanol–water partition coefficient (Wildman–Crippen LogP) is 5.77. The van der Waals surface area contributed by atoms with Crippen molar-refractivity contribution in [3.8, 4) is 0 Å². The van der Waals surface area contributed by atoms with Gasteiger partial charge in [-0.1, -0.05) is 60.7 Å². The zero-order chi connectivity index (χ0) is 22.8. The van der Waals surface area contributed by atoms with Crippen molar-refractivity contribution in [3.05, 3.63) is 83.6 Å². The number of alkyl halides is 3. The topological polar surface area (TPSA) is 46.6 Å². The molecule has 2 aromatic carbocycles. The number of hydrogen-bond acceptors (Lipinski definition) is 4. The summed E-state index contributed by atoms with van der Waals surface area (Å²) in [5.41, 5.74) is -2.92. The smallest absolute Gasteiger partial charge is 0.381 e. The maximum Gasteiger partial charge on any atom is 0.534 e. The lowest BCUT2D eigenvalue weighted by molar-refractivity contribution is -0.0532. The van der Waals surface area contributed by atoms with Crippen LogP contribution in [-0.2, 0) is 27.4 Å². The molecule has 0 aliphatic heterocycles. The average Bonchev–Trinajstić information content (AvgIpc) is 2.73. The van der Waals surface area contributed by atoms with Crippen molar-refractivity contribution in [3.63, 3.8) is 0 Å². The second-order valence-corrected chi connectivity index (χ2v) is 10.3. The van der Waals surface area contributed by atoms with Gasteiger partial charge >= 0.3 is 15.6 Å². The lowest BCUT2D eigenvalue weighted by Crippen LogP contribution is -2.51. The summed E-state index contributed by atoms with van der Waals surface area (Å²) in [6, 6.07) is 20.9. The molecule has 0 saturated heterocycles. The Balaban J connectivity index is 1.40. The summed E-state index contributed by atoms with van der Waals surface area (Å²) in [4.78, 5) is 2.46. The average molecular weight is 466 g/mol. The van der Waals surface area contributed by atoms with Gasteiger partial charge < -0.3 is 4.18 Å². The third-order valence-corrected chi connectivity index (χ3v) is 7.48. The van der Waals surface area contributed by atoms with Crippen molar-refractivity contribution in [2.24, 2.45) is 5.41 Å². The minimum atomic E-state index is -5.59. The van der Waals surface area contributed by atoms with Crippen LogP contribution in [0, 0.1) is 5.41 Å². The van der Waals surface area contributed by atoms with E-state index in [4.69, 9.17) is 0 Å². The fraction of sp³-hybridized carbons (Fsp3) is 0.417. The molecule has 1 fully saturated rings. The fourth-order valence-electron chi connectivity index (χ4n) is 4.71. The first-order chi connectivity index (χ1) is 15.2. The fourth-order valence-corrected chi connectivity index (χ4v) is 5.23. The first-order valence-corrected chi connectivity index (χ1v) is 12.1. The molecule has 1 saturated carbocycles. The van der Waals surface area contributed by atoms with Gasteiger partial charge in [-0.25, -0.2) is 0 Å². The van der Waals surface area contributed by atoms with Crippen LogP contribution in [-0.4, -0.2) is 24.9 Å². The Labute approximate surface area is 186 Å². The van der Waals surface area contributed by atoms with E-state index in [1.165, 1.54) is 17.2 Å². The molecule has 0 N–H and O–H groups in total. The Bertz CT molecular complexity index is 1010. The molecule has 2 aliphatic carbocycles. The van der Waals surface area contributed by atoms with Gasteiger partial charge in [0.1, 0.15) is 5.76 Å². The second-order valence-electron chi connectivity index (χ2n) is 8.80. The third kappa shape index (κ3) is 5.18. The van der Waals surface area contributed by atoms with Crippen molar-refractivity contribution < 1.29 is 25.8 Å². The summed E-state index contributed by atoms with van der Waals surface area (Å²) < 4.78 is 64.6. The summed E-state index contributed by atoms with van der Waals surface area (Å²) in [7, 11) is -5.59. The summed E-state index contributed by atoms with van der Waals surface area (Å²) in [6.45, 7) is 1.65. The second kappa shape index (κ2) is 8.90. The standard InChI is InChI=1S/C24H26F3NO3S/c25-24(26,27)32(29,30)31-22-11-13-23(14-12-22)15-21(16-23)28(17-19-7-3-1-4-8-19)18-20-9-5-2-6-10-20/h1-11,21H,12-18H2. The normalized spacial score (nSPS) is 23.6. The minimum absolute atomic E-state index is 0.00511. The lowest BCUT2D eigenvalue weighted by atomic mass is 9.59. The Morgan fingerprint density at radius 1 is 0.938 bits per heavy atom. The Hall–Kier alpha value is -2.32. The molecule has 0 amide bonds. The Kier molecular flexibility index (Phi) is 6.36. The quantitative estimate of drug-likeness (QED) is 0.385. The van der Waals surface area contributed by atoms with Gasteiger partial charge in [0.2, 0.25) is 0 Å². The molecule has 0 bridgehead atoms. The third-order valence-electron chi connectivity index (χ3n) is 6.48. The van der Waals surface area contributed by atoms with Gasteiger partial charge in [0.05, 0.1) is 0 Å². The van der Waals surface area contributed by atoms with E-state index >= 15 is 0 Å². The molecule has 4 nitrogen and oxygen atoms in total. The number of nitrogens with zero attached hydrogens (tertiary/aromatic N) is 1. The number of halogens is 3. The molecule has 0 aromatic heterocycles. The molecule has 0 unspecified atom stereocenters. The maximum absolute atomic E-state index is 12.6. The molecule has 1 spiro atoms. The van der Waals surface area contributed by atoms with Crippen LogP contribution < -0.4 is 0 Å². The van der Waals surface area contributed by atoms with Crippen molar-refractivity contribution in [2.75, 3.05) is 0 Å². The highest BCUT2D eigenvalue weighted by molar-refractivity contribution is 7.87. The van der Waals surface area contributed by atoms with Crippen LogP contribution in [0.4, 0.5) is 13.2 Å². The highest BCUT2D eigenvalue weighted by atomic mass is 32.2. The van der Waals surface area contributed by atoms with Gasteiger partial charge in [0, 0.05) is 25.6 Å². The summed E-state index contributed by atoms with van der Waals surface area (Å²) in [6.07, 6.45) is 4.77. The van der Waals surface area contributed by atoms with Gasteiger partial charge in [0.25, 0.3) is 0 Å². The number of allylic oxidation sites excluding steroid dienone is 2. The molecular weight excluding hydrogens is 439 g/mol. The first-order valence-electron chi connectivity index (χ1n) is 10.7. The van der Waals surface area contributed by atoms with Crippen molar-refractivity contribution in [1.29, 1.82) is 0 Å². The molecule has 4 rings (SSSR count). The highest BCUT2D eigenvalue weighted by Gasteiger charge is 2.50. The van der Waals surface area contributed by atoms with Crippen LogP contribution in [0.5, 0.6) is 0 Å². The van der Waals surface area contributed by atoms with Gasteiger partial charge in [-0.3, -0.25) is 4.90 Å². The van der Waals surface area contributed by atoms with Crippen molar-refractivity contribution in [1.82, 2.24) is 4.90 Å². The van der Waals surface area contributed by atoms with Gasteiger partial charge in [-0.2, -0.15) is 21.6 Å². The van der Waals surface area contributed by atoms with Crippen LogP contribution in [0.1, 0.15) is 43.2 Å². The van der Waals surface area contributed by atoms with E-state index in [-0.39, 0.29) is 17.6 Å². The molecule has 8 heteroatoms. The first kappa shape index (κ1) is 22.9. The monoisotopic (exact) mass is 465 g/mol. The van der Waals surface area contributed by atoms with E-state index in [1.807, 2.05) is 36.4 Å². The SMILES string of the molecule is O=S(=O)(OC1=CCC2(CC1)CC(N(Cc1ccccc1)Cc1ccccc1)C2)C(F)(F)F. The number of rotatable bonds is 7. The van der Waals surface area contributed by atoms with Crippen molar-refractivity contribution in [2.45, 2.75) is 56.7 Å². The molecular formula is C24H26F3NO3S. The van der Waals surface area contributed by atoms with Gasteiger partial charge in [-0.05, 0) is 48.3 Å². The molecule has 172 valence electrons. The Morgan fingerprint density at radius 2 is 1.47 bits per heavy atom. The van der Waals surface area contributed by atoms with Crippen LogP contribution in [0.2, 0.25) is 0 Å². The van der Waals surface area contributed by atoms with Crippen molar-refractivity contribution >= 4 is 10.1 Å². The van der Waals surface area contributed by atoms with E-state index in [1.54, 1.807) is 0 Å². The van der Waals surface area contributed by atoms with E-state index in [9.17, 15) is 21.6 Å². The summed E-state index contributed by atoms with van der Waals surface area (Å²) >= 11 is 0. The lowest BCUT2D eigenvalue weighted by Gasteiger charge is -2.53. The number of hydrogen-bond donors (Lipinski definition) is 0. The van der Waals surface area contributed by atoms with E-state index in [0.29, 0.717) is 18.9 Å². The van der Waals surface area contributed by atoms with Gasteiger partial charge in [0.15, 0.2) is 0 Å². The molecule has 0 atom stereocenters. The zero-order valence-corrected chi connectivity index (χ0v) is 18.4. The molecule has 2 aromatic rings. The highest BCUT2D eigenvalue weighted by Crippen LogP contribution is 2.53. The summed E-state index contributed by atoms with van der Waals surface area (Å²) in [5, 5.41) is 0. The zero-order valence-electron chi connectivity index (χ0n) is 17.6. The van der Waals surface area contributed by atoms with E-state index < -0.39 is 15.6 Å². The van der Waals surface area contributed by atoms with Gasteiger partial charge in [-0.15, -0.1) is 0 Å². The largest absolute Gasteiger partial charge is 0.534 e. The van der Waals surface area contributed by atoms with Crippen LogP contribution >= 0.6 is 0 Å². The molecule has 0 heterocycles. The Morgan fingerprint density at radius 3 is 1.91 bits per heavy atom. The maximum atomic E-state index is 12.6. The minimum Gasteiger partial charge on any atom is -0.381 e. The van der Waals surface area contributed by atoms with Crippen LogP contribution in [0.3, 0.4) is 0 Å². The number of benzene rings is 2. The molecule has 32 heavy (non-hydrogen) atoms.